The highest BCUT2D eigenvalue weighted by molar-refractivity contribution is 5.56. The molecule has 0 aromatic carbocycles. The average molecular weight is 169 g/mol. The summed E-state index contributed by atoms with van der Waals surface area (Å²) in [6.07, 6.45) is 11.3. The summed E-state index contributed by atoms with van der Waals surface area (Å²) in [6.45, 7) is 5.43. The largest absolute Gasteiger partial charge is 0.298 e. The molecule has 0 aromatic heterocycles. The summed E-state index contributed by atoms with van der Waals surface area (Å²) in [5, 5.41) is 0. The Morgan fingerprint density at radius 3 is 2.33 bits per heavy atom. The maximum atomic E-state index is 4.28. The Morgan fingerprint density at radius 1 is 0.917 bits per heavy atom. The van der Waals surface area contributed by atoms with E-state index in [9.17, 15) is 0 Å². The van der Waals surface area contributed by atoms with Crippen LogP contribution in [0.3, 0.4) is 0 Å². The van der Waals surface area contributed by atoms with Crippen molar-refractivity contribution in [3.63, 3.8) is 0 Å². The highest BCUT2D eigenvalue weighted by Gasteiger charge is 1.86. The lowest BCUT2D eigenvalue weighted by atomic mass is 10.1. The third kappa shape index (κ3) is 9.67. The van der Waals surface area contributed by atoms with Crippen molar-refractivity contribution in [1.29, 1.82) is 0 Å². The zero-order valence-electron chi connectivity index (χ0n) is 8.68. The van der Waals surface area contributed by atoms with Crippen molar-refractivity contribution >= 4 is 6.21 Å². The minimum Gasteiger partial charge on any atom is -0.298 e. The van der Waals surface area contributed by atoms with E-state index in [1.54, 1.807) is 0 Å². The molecule has 0 heterocycles. The zero-order chi connectivity index (χ0) is 9.07. The monoisotopic (exact) mass is 169 g/mol. The van der Waals surface area contributed by atoms with Crippen molar-refractivity contribution < 1.29 is 0 Å². The molecule has 12 heavy (non-hydrogen) atoms. The third-order valence-electron chi connectivity index (χ3n) is 1.92. The first-order valence-corrected chi connectivity index (χ1v) is 5.40. The molecule has 1 heteroatoms. The van der Waals surface area contributed by atoms with Gasteiger partial charge in [-0.2, -0.15) is 0 Å². The zero-order valence-corrected chi connectivity index (χ0v) is 8.68. The van der Waals surface area contributed by atoms with Gasteiger partial charge >= 0.3 is 0 Å². The molecular weight excluding hydrogens is 146 g/mol. The number of hydrogen-bond donors (Lipinski definition) is 0. The normalized spacial score (nSPS) is 11.2. The van der Waals surface area contributed by atoms with Crippen molar-refractivity contribution in [1.82, 2.24) is 0 Å². The lowest BCUT2D eigenvalue weighted by Gasteiger charge is -1.95. The van der Waals surface area contributed by atoms with Crippen LogP contribution in [0.25, 0.3) is 0 Å². The van der Waals surface area contributed by atoms with E-state index in [0.717, 1.165) is 6.54 Å². The van der Waals surface area contributed by atoms with E-state index in [1.165, 1.54) is 44.9 Å². The van der Waals surface area contributed by atoms with Crippen molar-refractivity contribution in [3.8, 4) is 0 Å². The van der Waals surface area contributed by atoms with Gasteiger partial charge in [-0.25, -0.2) is 0 Å². The lowest BCUT2D eigenvalue weighted by molar-refractivity contribution is 0.644. The minimum absolute atomic E-state index is 1.01. The molecule has 0 saturated carbocycles. The predicted molar refractivity (Wildman–Crippen MR) is 57.0 cm³/mol. The molecule has 0 spiro atoms. The molecule has 0 amide bonds. The molecule has 0 bridgehead atoms. The molecule has 0 saturated heterocycles. The number of hydrogen-bond acceptors (Lipinski definition) is 1. The van der Waals surface area contributed by atoms with Crippen molar-refractivity contribution in [3.05, 3.63) is 0 Å². The first-order valence-electron chi connectivity index (χ1n) is 5.40. The fourth-order valence-corrected chi connectivity index (χ4v) is 1.15. The van der Waals surface area contributed by atoms with Crippen LogP contribution in [0.5, 0.6) is 0 Å². The van der Waals surface area contributed by atoms with E-state index in [-0.39, 0.29) is 0 Å². The lowest BCUT2D eigenvalue weighted by Crippen LogP contribution is -1.81. The Morgan fingerprint density at radius 2 is 1.67 bits per heavy atom. The molecule has 0 unspecified atom stereocenters. The molecule has 0 rings (SSSR count). The molecule has 0 radical (unpaired) electrons. The standard InChI is InChI=1S/C11H23N/c1-3-5-6-7-8-9-11-12-10-4-2/h11H,3-10H2,1-2H3. The van der Waals surface area contributed by atoms with E-state index in [0.29, 0.717) is 0 Å². The van der Waals surface area contributed by atoms with Gasteiger partial charge in [-0.1, -0.05) is 39.5 Å². The summed E-state index contributed by atoms with van der Waals surface area (Å²) in [5.74, 6) is 0. The molecule has 0 aliphatic rings. The van der Waals surface area contributed by atoms with Crippen LogP contribution in [0.4, 0.5) is 0 Å². The van der Waals surface area contributed by atoms with E-state index in [4.69, 9.17) is 0 Å². The number of rotatable bonds is 8. The van der Waals surface area contributed by atoms with Gasteiger partial charge in [0.2, 0.25) is 0 Å². The molecule has 0 atom stereocenters. The number of nitrogens with zero attached hydrogens (tertiary/aromatic N) is 1. The molecular formula is C11H23N. The van der Waals surface area contributed by atoms with Gasteiger partial charge in [0.25, 0.3) is 0 Å². The fraction of sp³-hybridized carbons (Fsp3) is 0.909. The second-order valence-electron chi connectivity index (χ2n) is 3.29. The van der Waals surface area contributed by atoms with Gasteiger partial charge < -0.3 is 0 Å². The number of aliphatic imine (C=N–C) groups is 1. The summed E-state index contributed by atoms with van der Waals surface area (Å²) in [4.78, 5) is 4.28. The van der Waals surface area contributed by atoms with Crippen LogP contribution in [-0.2, 0) is 0 Å². The topological polar surface area (TPSA) is 12.4 Å². The Kier molecular flexibility index (Phi) is 10.4. The van der Waals surface area contributed by atoms with E-state index >= 15 is 0 Å². The highest BCUT2D eigenvalue weighted by Crippen LogP contribution is 2.03. The van der Waals surface area contributed by atoms with E-state index in [1.807, 2.05) is 0 Å². The van der Waals surface area contributed by atoms with Gasteiger partial charge in [0.05, 0.1) is 0 Å². The van der Waals surface area contributed by atoms with E-state index < -0.39 is 0 Å². The summed E-state index contributed by atoms with van der Waals surface area (Å²) >= 11 is 0. The Balaban J connectivity index is 2.90. The molecule has 1 nitrogen and oxygen atoms in total. The molecule has 0 aliphatic carbocycles. The fourth-order valence-electron chi connectivity index (χ4n) is 1.15. The summed E-state index contributed by atoms with van der Waals surface area (Å²) < 4.78 is 0. The van der Waals surface area contributed by atoms with Crippen molar-refractivity contribution in [2.24, 2.45) is 4.99 Å². The second kappa shape index (κ2) is 10.7. The van der Waals surface area contributed by atoms with Crippen LogP contribution in [0.15, 0.2) is 4.99 Å². The first kappa shape index (κ1) is 11.7. The van der Waals surface area contributed by atoms with Crippen molar-refractivity contribution in [2.75, 3.05) is 6.54 Å². The molecule has 0 aromatic rings. The van der Waals surface area contributed by atoms with Gasteiger partial charge in [-0.15, -0.1) is 0 Å². The minimum atomic E-state index is 1.01. The van der Waals surface area contributed by atoms with Gasteiger partial charge in [0, 0.05) is 6.54 Å². The Bertz CT molecular complexity index is 97.2. The summed E-state index contributed by atoms with van der Waals surface area (Å²) in [5.41, 5.74) is 0. The Labute approximate surface area is 77.3 Å². The van der Waals surface area contributed by atoms with Crippen molar-refractivity contribution in [2.45, 2.75) is 58.8 Å². The molecule has 0 fully saturated rings. The maximum absolute atomic E-state index is 4.28. The quantitative estimate of drug-likeness (QED) is 0.387. The predicted octanol–water partition coefficient (Wildman–Crippen LogP) is 3.83. The SMILES string of the molecule is CCCCCCCC=NCCC. The highest BCUT2D eigenvalue weighted by atomic mass is 14.7. The van der Waals surface area contributed by atoms with Crippen LogP contribution < -0.4 is 0 Å². The van der Waals surface area contributed by atoms with Gasteiger partial charge in [-0.3, -0.25) is 4.99 Å². The van der Waals surface area contributed by atoms with Crippen LogP contribution >= 0.6 is 0 Å². The van der Waals surface area contributed by atoms with Crippen LogP contribution in [0, 0.1) is 0 Å². The molecule has 0 aliphatic heterocycles. The molecule has 0 N–H and O–H groups in total. The van der Waals surface area contributed by atoms with Gasteiger partial charge in [0.15, 0.2) is 0 Å². The summed E-state index contributed by atoms with van der Waals surface area (Å²) in [6, 6.07) is 0. The van der Waals surface area contributed by atoms with Gasteiger partial charge in [-0.05, 0) is 25.5 Å². The first-order chi connectivity index (χ1) is 5.91. The van der Waals surface area contributed by atoms with Crippen LogP contribution in [0.1, 0.15) is 58.8 Å². The molecule has 72 valence electrons. The third-order valence-corrected chi connectivity index (χ3v) is 1.92. The number of unbranched alkanes of at least 4 members (excludes halogenated alkanes) is 5. The Hall–Kier alpha value is -0.330. The van der Waals surface area contributed by atoms with E-state index in [2.05, 4.69) is 25.1 Å². The summed E-state index contributed by atoms with van der Waals surface area (Å²) in [7, 11) is 0. The maximum Gasteiger partial charge on any atom is 0.0382 e. The average Bonchev–Trinajstić information content (AvgIpc) is 2.10. The van der Waals surface area contributed by atoms with Crippen LogP contribution in [-0.4, -0.2) is 12.8 Å². The van der Waals surface area contributed by atoms with Gasteiger partial charge in [0.1, 0.15) is 0 Å². The smallest absolute Gasteiger partial charge is 0.0382 e. The van der Waals surface area contributed by atoms with Crippen LogP contribution in [0.2, 0.25) is 0 Å². The second-order valence-corrected chi connectivity index (χ2v) is 3.29.